The summed E-state index contributed by atoms with van der Waals surface area (Å²) in [6.07, 6.45) is 0.526. The highest BCUT2D eigenvalue weighted by molar-refractivity contribution is 5.65. The lowest BCUT2D eigenvalue weighted by molar-refractivity contribution is 0.102. The number of fused-ring (bicyclic) bond motifs is 2. The summed E-state index contributed by atoms with van der Waals surface area (Å²) in [5.74, 6) is 0. The fourth-order valence-corrected chi connectivity index (χ4v) is 3.59. The Morgan fingerprint density at radius 3 is 2.00 bits per heavy atom. The molecular weight excluding hydrogens is 264 g/mol. The van der Waals surface area contributed by atoms with Crippen molar-refractivity contribution in [2.75, 3.05) is 0 Å². The maximum absolute atomic E-state index is 9.52. The smallest absolute Gasteiger partial charge is 0.150 e. The van der Waals surface area contributed by atoms with Crippen molar-refractivity contribution in [2.45, 2.75) is 38.3 Å². The van der Waals surface area contributed by atoms with Crippen LogP contribution in [0, 0.1) is 50.7 Å². The van der Waals surface area contributed by atoms with Crippen molar-refractivity contribution in [3.8, 4) is 24.3 Å². The van der Waals surface area contributed by atoms with Crippen LogP contribution in [0.4, 0.5) is 0 Å². The van der Waals surface area contributed by atoms with Crippen LogP contribution >= 0.6 is 0 Å². The van der Waals surface area contributed by atoms with Gasteiger partial charge >= 0.3 is 0 Å². The van der Waals surface area contributed by atoms with E-state index in [2.05, 4.69) is 11.4 Å². The Bertz CT molecular complexity index is 742. The zero-order valence-electron chi connectivity index (χ0n) is 12.1. The first kappa shape index (κ1) is 14.6. The molecule has 21 heavy (non-hydrogen) atoms. The first-order valence-corrected chi connectivity index (χ1v) is 6.39. The number of nitrogens with zero attached hydrogens (tertiary/aromatic N) is 4. The molecule has 3 aliphatic rings. The van der Waals surface area contributed by atoms with Gasteiger partial charge in [0.1, 0.15) is 12.1 Å². The van der Waals surface area contributed by atoms with Crippen molar-refractivity contribution in [1.29, 1.82) is 21.0 Å². The molecule has 0 radical (unpaired) electrons. The molecule has 0 spiro atoms. The Balaban J connectivity index is 2.99. The van der Waals surface area contributed by atoms with Gasteiger partial charge in [-0.3, -0.25) is 0 Å². The molecule has 2 bridgehead atoms. The maximum Gasteiger partial charge on any atom is 0.150 e. The van der Waals surface area contributed by atoms with Crippen molar-refractivity contribution in [1.82, 2.24) is 5.32 Å². The molecule has 0 aromatic rings. The molecule has 1 saturated heterocycles. The average Bonchev–Trinajstić information content (AvgIpc) is 2.40. The predicted molar refractivity (Wildman–Crippen MR) is 73.4 cm³/mol. The Morgan fingerprint density at radius 2 is 1.57 bits per heavy atom. The molecule has 0 aromatic heterocycles. The summed E-state index contributed by atoms with van der Waals surface area (Å²) in [4.78, 5) is 0. The summed E-state index contributed by atoms with van der Waals surface area (Å²) in [6, 6.07) is 7.74. The molecule has 6 heteroatoms. The summed E-state index contributed by atoms with van der Waals surface area (Å²) in [6.45, 7) is 5.55. The number of piperidine rings is 1. The van der Waals surface area contributed by atoms with Gasteiger partial charge in [0.25, 0.3) is 0 Å². The lowest BCUT2D eigenvalue weighted by atomic mass is 9.51. The second kappa shape index (κ2) is 4.10. The van der Waals surface area contributed by atoms with Crippen LogP contribution in [0.5, 0.6) is 0 Å². The van der Waals surface area contributed by atoms with Gasteiger partial charge in [-0.15, -0.1) is 0 Å². The highest BCUT2D eigenvalue weighted by Crippen LogP contribution is 2.56. The summed E-state index contributed by atoms with van der Waals surface area (Å²) in [5.41, 5.74) is 4.28. The van der Waals surface area contributed by atoms with Crippen molar-refractivity contribution in [2.24, 2.45) is 11.1 Å². The van der Waals surface area contributed by atoms with E-state index in [1.807, 2.05) is 32.1 Å². The van der Waals surface area contributed by atoms with Gasteiger partial charge in [-0.25, -0.2) is 0 Å². The van der Waals surface area contributed by atoms with E-state index in [9.17, 15) is 10.5 Å². The van der Waals surface area contributed by atoms with Gasteiger partial charge in [-0.2, -0.15) is 21.0 Å². The lowest BCUT2D eigenvalue weighted by Crippen LogP contribution is -2.73. The van der Waals surface area contributed by atoms with E-state index < -0.39 is 16.5 Å². The van der Waals surface area contributed by atoms with Crippen LogP contribution in [0.2, 0.25) is 0 Å². The zero-order valence-corrected chi connectivity index (χ0v) is 12.1. The second-order valence-corrected chi connectivity index (χ2v) is 6.27. The molecule has 2 heterocycles. The Morgan fingerprint density at radius 1 is 1.05 bits per heavy atom. The molecule has 0 saturated carbocycles. The second-order valence-electron chi connectivity index (χ2n) is 6.27. The Hall–Kier alpha value is -2.80. The van der Waals surface area contributed by atoms with Gasteiger partial charge in [-0.05, 0) is 18.8 Å². The molecule has 3 N–H and O–H groups in total. The van der Waals surface area contributed by atoms with E-state index in [1.54, 1.807) is 6.92 Å². The van der Waals surface area contributed by atoms with Gasteiger partial charge in [-0.1, -0.05) is 13.8 Å². The van der Waals surface area contributed by atoms with Crippen LogP contribution in [0.1, 0.15) is 27.2 Å². The number of hydrogen-bond donors (Lipinski definition) is 2. The molecule has 0 aromatic carbocycles. The molecule has 2 aliphatic heterocycles. The van der Waals surface area contributed by atoms with E-state index in [1.165, 1.54) is 0 Å². The predicted octanol–water partition coefficient (Wildman–Crippen LogP) is 1.12. The van der Waals surface area contributed by atoms with Crippen LogP contribution in [-0.2, 0) is 0 Å². The molecule has 3 rings (SSSR count). The van der Waals surface area contributed by atoms with Crippen LogP contribution in [-0.4, -0.2) is 11.1 Å². The first-order chi connectivity index (χ1) is 9.71. The van der Waals surface area contributed by atoms with Crippen LogP contribution < -0.4 is 11.1 Å². The summed E-state index contributed by atoms with van der Waals surface area (Å²) >= 11 is 0. The van der Waals surface area contributed by atoms with Crippen molar-refractivity contribution in [3.05, 3.63) is 22.4 Å². The monoisotopic (exact) mass is 278 g/mol. The van der Waals surface area contributed by atoms with Crippen LogP contribution in [0.25, 0.3) is 0 Å². The minimum Gasteiger partial charge on any atom is -0.375 e. The molecule has 2 atom stereocenters. The number of nitrogens with two attached hydrogens (primary N) is 1. The van der Waals surface area contributed by atoms with Crippen molar-refractivity contribution < 1.29 is 0 Å². The third-order valence-corrected chi connectivity index (χ3v) is 4.55. The van der Waals surface area contributed by atoms with E-state index in [0.29, 0.717) is 6.42 Å². The maximum atomic E-state index is 9.52. The summed E-state index contributed by atoms with van der Waals surface area (Å²) in [7, 11) is 0. The van der Waals surface area contributed by atoms with Crippen LogP contribution in [0.3, 0.4) is 0 Å². The van der Waals surface area contributed by atoms with E-state index in [-0.39, 0.29) is 22.4 Å². The van der Waals surface area contributed by atoms with Gasteiger partial charge in [0.2, 0.25) is 0 Å². The molecule has 1 fully saturated rings. The van der Waals surface area contributed by atoms with E-state index in [4.69, 9.17) is 16.3 Å². The SMILES string of the molecule is CC12CC(C)(C)C(N)(C(C#N)=C1C#N)C(=C(C#N)C#N)N2. The minimum atomic E-state index is -1.34. The number of allylic oxidation sites excluding steroid dienone is 1. The van der Waals surface area contributed by atoms with Crippen molar-refractivity contribution in [3.63, 3.8) is 0 Å². The lowest BCUT2D eigenvalue weighted by Gasteiger charge is -2.60. The van der Waals surface area contributed by atoms with E-state index in [0.717, 1.165) is 0 Å². The molecule has 1 aliphatic carbocycles. The van der Waals surface area contributed by atoms with Gasteiger partial charge in [0.05, 0.1) is 40.1 Å². The molecule has 2 unspecified atom stereocenters. The topological polar surface area (TPSA) is 133 Å². The van der Waals surface area contributed by atoms with Gasteiger partial charge in [0, 0.05) is 0 Å². The molecule has 104 valence electrons. The number of rotatable bonds is 0. The molecule has 0 amide bonds. The Labute approximate surface area is 123 Å². The third kappa shape index (κ3) is 1.52. The zero-order chi connectivity index (χ0) is 16.1. The summed E-state index contributed by atoms with van der Waals surface area (Å²) in [5, 5.41) is 40.3. The number of hydrogen-bond acceptors (Lipinski definition) is 6. The highest BCUT2D eigenvalue weighted by atomic mass is 15.1. The highest BCUT2D eigenvalue weighted by Gasteiger charge is 2.63. The largest absolute Gasteiger partial charge is 0.375 e. The Kier molecular flexibility index (Phi) is 2.85. The van der Waals surface area contributed by atoms with Crippen molar-refractivity contribution >= 4 is 0 Å². The fraction of sp³-hybridized carbons (Fsp3) is 0.467. The quantitative estimate of drug-likeness (QED) is 0.638. The molecule has 6 nitrogen and oxygen atoms in total. The van der Waals surface area contributed by atoms with E-state index >= 15 is 0 Å². The molecular formula is C15H14N6. The minimum absolute atomic E-state index is 0.139. The normalized spacial score (nSPS) is 32.3. The van der Waals surface area contributed by atoms with Crippen LogP contribution in [0.15, 0.2) is 22.4 Å². The number of nitriles is 4. The average molecular weight is 278 g/mol. The number of nitrogens with one attached hydrogen (secondary N) is 1. The third-order valence-electron chi connectivity index (χ3n) is 4.55. The van der Waals surface area contributed by atoms with Gasteiger partial charge in [0.15, 0.2) is 5.57 Å². The first-order valence-electron chi connectivity index (χ1n) is 6.39. The summed E-state index contributed by atoms with van der Waals surface area (Å²) < 4.78 is 0. The van der Waals surface area contributed by atoms with Gasteiger partial charge < -0.3 is 11.1 Å². The fourth-order valence-electron chi connectivity index (χ4n) is 3.59. The standard InChI is InChI=1S/C15H14N6/c1-13(2)8-14(3)10(6-18)11(7-19)15(13,20)12(21-14)9(4-16)5-17/h21H,8,20H2,1-3H3.